The fraction of sp³-hybridized carbons (Fsp3) is 0.310. The zero-order chi connectivity index (χ0) is 27.2. The molecular formula is C29H32F2N4O3. The van der Waals surface area contributed by atoms with E-state index in [0.29, 0.717) is 41.3 Å². The lowest BCUT2D eigenvalue weighted by Crippen LogP contribution is -2.23. The molecule has 1 aromatic heterocycles. The van der Waals surface area contributed by atoms with E-state index in [9.17, 15) is 13.6 Å². The standard InChI is InChI=1S/C29H32F2N4O3/c1-5-24(30)27(31)19(4)38-22-14-25(33-16-20-9-11-37-12-10-20)28-26(15-22)35(17-34-28)21-7-8-23(18(3)13-21)29(36)32-6-2/h5,7-8,13-15,17,20,33H,1,4,6,9-12,16H2,2-3H3,(H,32,36). The monoisotopic (exact) mass is 522 g/mol. The van der Waals surface area contributed by atoms with Gasteiger partial charge in [0.25, 0.3) is 5.91 Å². The third-order valence-corrected chi connectivity index (χ3v) is 6.49. The predicted octanol–water partition coefficient (Wildman–Crippen LogP) is 6.15. The van der Waals surface area contributed by atoms with E-state index in [1.54, 1.807) is 24.5 Å². The minimum atomic E-state index is -1.22. The molecule has 200 valence electrons. The summed E-state index contributed by atoms with van der Waals surface area (Å²) in [6.45, 7) is 13.2. The molecule has 0 spiro atoms. The average molecular weight is 523 g/mol. The number of ether oxygens (including phenoxy) is 2. The molecule has 0 unspecified atom stereocenters. The van der Waals surface area contributed by atoms with Crippen molar-refractivity contribution in [2.45, 2.75) is 26.7 Å². The van der Waals surface area contributed by atoms with Crippen LogP contribution in [0.15, 0.2) is 73.3 Å². The van der Waals surface area contributed by atoms with Gasteiger partial charge >= 0.3 is 0 Å². The van der Waals surface area contributed by atoms with Crippen LogP contribution in [0, 0.1) is 12.8 Å². The van der Waals surface area contributed by atoms with E-state index in [1.165, 1.54) is 0 Å². The number of carbonyl (C=O) groups is 1. The van der Waals surface area contributed by atoms with Crippen LogP contribution in [0.25, 0.3) is 16.7 Å². The quantitative estimate of drug-likeness (QED) is 0.247. The number of halogens is 2. The Balaban J connectivity index is 1.73. The van der Waals surface area contributed by atoms with Gasteiger partial charge in [0.1, 0.15) is 17.6 Å². The predicted molar refractivity (Wildman–Crippen MR) is 145 cm³/mol. The number of nitrogens with one attached hydrogen (secondary N) is 2. The first-order valence-corrected chi connectivity index (χ1v) is 12.6. The molecule has 0 atom stereocenters. The van der Waals surface area contributed by atoms with Gasteiger partial charge in [0.2, 0.25) is 5.83 Å². The van der Waals surface area contributed by atoms with E-state index in [-0.39, 0.29) is 11.7 Å². The SMILES string of the molecule is C=CC(F)=C(F)C(=C)Oc1cc(NCC2CCOCC2)c2ncn(-c3ccc(C(=O)NCC)c(C)c3)c2c1. The summed E-state index contributed by atoms with van der Waals surface area (Å²) in [7, 11) is 0. The van der Waals surface area contributed by atoms with Crippen LogP contribution in [-0.4, -0.2) is 41.8 Å². The van der Waals surface area contributed by atoms with E-state index in [0.717, 1.165) is 43.4 Å². The Bertz CT molecular complexity index is 1390. The molecule has 7 nitrogen and oxygen atoms in total. The van der Waals surface area contributed by atoms with Crippen LogP contribution in [0.4, 0.5) is 14.5 Å². The van der Waals surface area contributed by atoms with Crippen molar-refractivity contribution < 1.29 is 23.0 Å². The summed E-state index contributed by atoms with van der Waals surface area (Å²) in [6.07, 6.45) is 4.34. The second kappa shape index (κ2) is 12.0. The summed E-state index contributed by atoms with van der Waals surface area (Å²) in [5.74, 6) is -2.27. The molecule has 1 saturated heterocycles. The zero-order valence-corrected chi connectivity index (χ0v) is 21.7. The number of benzene rings is 2. The van der Waals surface area contributed by atoms with E-state index < -0.39 is 17.4 Å². The molecule has 0 saturated carbocycles. The van der Waals surface area contributed by atoms with Gasteiger partial charge in [-0.2, -0.15) is 4.39 Å². The second-order valence-electron chi connectivity index (χ2n) is 9.14. The van der Waals surface area contributed by atoms with Crippen LogP contribution in [0.2, 0.25) is 0 Å². The van der Waals surface area contributed by atoms with Crippen molar-refractivity contribution in [3.8, 4) is 11.4 Å². The molecule has 2 heterocycles. The van der Waals surface area contributed by atoms with Crippen molar-refractivity contribution in [2.75, 3.05) is 31.6 Å². The lowest BCUT2D eigenvalue weighted by atomic mass is 10.0. The molecule has 38 heavy (non-hydrogen) atoms. The summed E-state index contributed by atoms with van der Waals surface area (Å²) in [5, 5.41) is 6.27. The summed E-state index contributed by atoms with van der Waals surface area (Å²) in [6, 6.07) is 8.90. The number of aryl methyl sites for hydroxylation is 1. The molecule has 0 aliphatic carbocycles. The number of carbonyl (C=O) groups excluding carboxylic acids is 1. The first kappa shape index (κ1) is 27.1. The summed E-state index contributed by atoms with van der Waals surface area (Å²) in [5.41, 5.74) is 4.25. The smallest absolute Gasteiger partial charge is 0.251 e. The zero-order valence-electron chi connectivity index (χ0n) is 21.7. The molecule has 9 heteroatoms. The first-order valence-electron chi connectivity index (χ1n) is 12.6. The van der Waals surface area contributed by atoms with Gasteiger partial charge in [0.15, 0.2) is 11.6 Å². The third-order valence-electron chi connectivity index (χ3n) is 6.49. The molecule has 1 aliphatic heterocycles. The van der Waals surface area contributed by atoms with Crippen molar-refractivity contribution in [1.82, 2.24) is 14.9 Å². The molecule has 1 fully saturated rings. The van der Waals surface area contributed by atoms with Crippen LogP contribution in [0.3, 0.4) is 0 Å². The Kier molecular flexibility index (Phi) is 8.58. The Morgan fingerprint density at radius 2 is 2.03 bits per heavy atom. The molecular weight excluding hydrogens is 490 g/mol. The van der Waals surface area contributed by atoms with Crippen LogP contribution < -0.4 is 15.4 Å². The third kappa shape index (κ3) is 5.94. The van der Waals surface area contributed by atoms with Crippen molar-refractivity contribution in [1.29, 1.82) is 0 Å². The lowest BCUT2D eigenvalue weighted by molar-refractivity contribution is 0.0699. The number of fused-ring (bicyclic) bond motifs is 1. The van der Waals surface area contributed by atoms with Crippen molar-refractivity contribution in [3.05, 3.63) is 84.4 Å². The fourth-order valence-corrected chi connectivity index (χ4v) is 4.41. The van der Waals surface area contributed by atoms with Gasteiger partial charge in [0, 0.05) is 49.7 Å². The number of anilines is 1. The Morgan fingerprint density at radius 3 is 2.71 bits per heavy atom. The Labute approximate surface area is 220 Å². The summed E-state index contributed by atoms with van der Waals surface area (Å²) in [4.78, 5) is 17.0. The van der Waals surface area contributed by atoms with E-state index in [1.807, 2.05) is 30.5 Å². The minimum Gasteiger partial charge on any atom is -0.455 e. The van der Waals surface area contributed by atoms with Gasteiger partial charge in [-0.15, -0.1) is 0 Å². The molecule has 0 bridgehead atoms. The normalized spacial score (nSPS) is 14.6. The van der Waals surface area contributed by atoms with E-state index in [2.05, 4.69) is 28.8 Å². The van der Waals surface area contributed by atoms with Gasteiger partial charge in [-0.1, -0.05) is 13.2 Å². The largest absolute Gasteiger partial charge is 0.455 e. The molecule has 4 rings (SSSR count). The Hall–Kier alpha value is -3.98. The van der Waals surface area contributed by atoms with Crippen molar-refractivity contribution >= 4 is 22.6 Å². The highest BCUT2D eigenvalue weighted by atomic mass is 19.2. The van der Waals surface area contributed by atoms with Gasteiger partial charge in [-0.25, -0.2) is 9.37 Å². The number of aromatic nitrogens is 2. The van der Waals surface area contributed by atoms with Gasteiger partial charge in [0.05, 0.1) is 11.2 Å². The number of imidazole rings is 1. The van der Waals surface area contributed by atoms with Gasteiger partial charge in [-0.3, -0.25) is 9.36 Å². The average Bonchev–Trinajstić information content (AvgIpc) is 3.35. The Morgan fingerprint density at radius 1 is 1.26 bits per heavy atom. The van der Waals surface area contributed by atoms with Gasteiger partial charge < -0.3 is 20.1 Å². The topological polar surface area (TPSA) is 77.4 Å². The lowest BCUT2D eigenvalue weighted by Gasteiger charge is -2.23. The second-order valence-corrected chi connectivity index (χ2v) is 9.14. The number of rotatable bonds is 10. The number of amides is 1. The number of hydrogen-bond acceptors (Lipinski definition) is 5. The first-order chi connectivity index (χ1) is 18.3. The minimum absolute atomic E-state index is 0.136. The van der Waals surface area contributed by atoms with Crippen LogP contribution in [-0.2, 0) is 4.74 Å². The number of hydrogen-bond donors (Lipinski definition) is 2. The number of nitrogens with zero attached hydrogens (tertiary/aromatic N) is 2. The molecule has 0 radical (unpaired) electrons. The van der Waals surface area contributed by atoms with Gasteiger partial charge in [-0.05, 0) is 62.4 Å². The highest BCUT2D eigenvalue weighted by molar-refractivity contribution is 5.96. The highest BCUT2D eigenvalue weighted by Gasteiger charge is 2.18. The van der Waals surface area contributed by atoms with Crippen LogP contribution in [0.1, 0.15) is 35.7 Å². The maximum Gasteiger partial charge on any atom is 0.251 e. The molecule has 1 amide bonds. The molecule has 3 aromatic rings. The van der Waals surface area contributed by atoms with Crippen LogP contribution >= 0.6 is 0 Å². The van der Waals surface area contributed by atoms with Crippen LogP contribution in [0.5, 0.6) is 5.75 Å². The molecule has 2 aromatic carbocycles. The maximum atomic E-state index is 14.3. The summed E-state index contributed by atoms with van der Waals surface area (Å²) >= 11 is 0. The van der Waals surface area contributed by atoms with E-state index >= 15 is 0 Å². The summed E-state index contributed by atoms with van der Waals surface area (Å²) < 4.78 is 41.0. The maximum absolute atomic E-state index is 14.3. The molecule has 1 aliphatic rings. The van der Waals surface area contributed by atoms with Crippen molar-refractivity contribution in [3.63, 3.8) is 0 Å². The van der Waals surface area contributed by atoms with E-state index in [4.69, 9.17) is 9.47 Å². The number of allylic oxidation sites excluding steroid dienone is 3. The molecule has 2 N–H and O–H groups in total. The highest BCUT2D eigenvalue weighted by Crippen LogP contribution is 2.33. The fourth-order valence-electron chi connectivity index (χ4n) is 4.41. The van der Waals surface area contributed by atoms with Crippen molar-refractivity contribution in [2.24, 2.45) is 5.92 Å².